The Morgan fingerprint density at radius 2 is 2.05 bits per heavy atom. The van der Waals surface area contributed by atoms with Crippen LogP contribution in [0.5, 0.6) is 0 Å². The van der Waals surface area contributed by atoms with E-state index in [0.29, 0.717) is 11.2 Å². The first-order valence-electron chi connectivity index (χ1n) is 5.72. The Morgan fingerprint density at radius 1 is 1.32 bits per heavy atom. The zero-order chi connectivity index (χ0) is 14.0. The van der Waals surface area contributed by atoms with Gasteiger partial charge in [-0.3, -0.25) is 9.71 Å². The average Bonchev–Trinajstić information content (AvgIpc) is 2.26. The Morgan fingerprint density at radius 3 is 2.74 bits per heavy atom. The van der Waals surface area contributed by atoms with Gasteiger partial charge >= 0.3 is 0 Å². The van der Waals surface area contributed by atoms with E-state index < -0.39 is 10.2 Å². The average molecular weight is 344 g/mol. The first-order valence-corrected chi connectivity index (χ1v) is 7.99. The first kappa shape index (κ1) is 14.2. The van der Waals surface area contributed by atoms with Crippen LogP contribution < -0.4 is 9.44 Å². The van der Waals surface area contributed by atoms with Crippen molar-refractivity contribution < 1.29 is 8.42 Å². The number of pyridine rings is 1. The van der Waals surface area contributed by atoms with Crippen LogP contribution >= 0.6 is 15.9 Å². The molecule has 2 N–H and O–H groups in total. The second-order valence-electron chi connectivity index (χ2n) is 4.41. The summed E-state index contributed by atoms with van der Waals surface area (Å²) in [5, 5.41) is 0.860. The Hall–Kier alpha value is -1.18. The van der Waals surface area contributed by atoms with Gasteiger partial charge in [0.05, 0.1) is 11.2 Å². The zero-order valence-corrected chi connectivity index (χ0v) is 12.9. The molecule has 0 spiro atoms. The van der Waals surface area contributed by atoms with Crippen LogP contribution in [0.15, 0.2) is 34.9 Å². The summed E-state index contributed by atoms with van der Waals surface area (Å²) < 4.78 is 29.5. The molecular weight excluding hydrogens is 330 g/mol. The largest absolute Gasteiger partial charge is 0.299 e. The molecule has 0 fully saturated rings. The number of fused-ring (bicyclic) bond motifs is 1. The summed E-state index contributed by atoms with van der Waals surface area (Å²) in [5.41, 5.74) is 1.07. The summed E-state index contributed by atoms with van der Waals surface area (Å²) in [6.45, 7) is 3.52. The lowest BCUT2D eigenvalue weighted by molar-refractivity contribution is 0.575. The van der Waals surface area contributed by atoms with Crippen molar-refractivity contribution in [3.05, 3.63) is 34.9 Å². The maximum Gasteiger partial charge on any atom is 0.299 e. The van der Waals surface area contributed by atoms with Crippen molar-refractivity contribution in [2.24, 2.45) is 0 Å². The first-order chi connectivity index (χ1) is 8.87. The van der Waals surface area contributed by atoms with Gasteiger partial charge in [0.2, 0.25) is 0 Å². The lowest BCUT2D eigenvalue weighted by Crippen LogP contribution is -2.35. The Balaban J connectivity index is 2.41. The van der Waals surface area contributed by atoms with E-state index in [0.717, 1.165) is 9.86 Å². The highest BCUT2D eigenvalue weighted by Crippen LogP contribution is 2.24. The van der Waals surface area contributed by atoms with E-state index in [1.807, 2.05) is 12.1 Å². The maximum absolute atomic E-state index is 11.9. The molecule has 0 bridgehead atoms. The van der Waals surface area contributed by atoms with Crippen LogP contribution in [0, 0.1) is 0 Å². The highest BCUT2D eigenvalue weighted by Gasteiger charge is 2.13. The number of nitrogens with one attached hydrogen (secondary N) is 2. The molecule has 7 heteroatoms. The van der Waals surface area contributed by atoms with Crippen LogP contribution in [0.1, 0.15) is 13.8 Å². The van der Waals surface area contributed by atoms with Crippen molar-refractivity contribution in [2.45, 2.75) is 19.9 Å². The fourth-order valence-electron chi connectivity index (χ4n) is 1.70. The predicted octanol–water partition coefficient (Wildman–Crippen LogP) is 2.65. The van der Waals surface area contributed by atoms with E-state index >= 15 is 0 Å². The van der Waals surface area contributed by atoms with Crippen LogP contribution in [0.3, 0.4) is 0 Å². The third kappa shape index (κ3) is 3.65. The second-order valence-corrected chi connectivity index (χ2v) is 6.77. The van der Waals surface area contributed by atoms with E-state index in [9.17, 15) is 8.42 Å². The molecule has 0 atom stereocenters. The number of aromatic nitrogens is 1. The standard InChI is InChI=1S/C12H14BrN3O2S/c1-8(2)15-19(17,18)16-11-5-3-4-9-6-10(13)7-14-12(9)11/h3-8,15-16H,1-2H3. The summed E-state index contributed by atoms with van der Waals surface area (Å²) in [7, 11) is -3.59. The van der Waals surface area contributed by atoms with Gasteiger partial charge < -0.3 is 0 Å². The quantitative estimate of drug-likeness (QED) is 0.896. The van der Waals surface area contributed by atoms with Crippen molar-refractivity contribution in [3.63, 3.8) is 0 Å². The molecule has 102 valence electrons. The highest BCUT2D eigenvalue weighted by molar-refractivity contribution is 9.10. The molecular formula is C12H14BrN3O2S. The molecule has 1 aromatic heterocycles. The van der Waals surface area contributed by atoms with E-state index in [1.165, 1.54) is 0 Å². The Kier molecular flexibility index (Phi) is 4.07. The van der Waals surface area contributed by atoms with Gasteiger partial charge in [0.25, 0.3) is 10.2 Å². The fourth-order valence-corrected chi connectivity index (χ4v) is 3.18. The lowest BCUT2D eigenvalue weighted by Gasteiger charge is -2.12. The molecule has 0 aliphatic rings. The second kappa shape index (κ2) is 5.44. The SMILES string of the molecule is CC(C)NS(=O)(=O)Nc1cccc2cc(Br)cnc12. The smallest absolute Gasteiger partial charge is 0.269 e. The molecule has 0 saturated carbocycles. The fraction of sp³-hybridized carbons (Fsp3) is 0.250. The summed E-state index contributed by atoms with van der Waals surface area (Å²) in [4.78, 5) is 4.24. The predicted molar refractivity (Wildman–Crippen MR) is 80.3 cm³/mol. The van der Waals surface area contributed by atoms with Crippen LogP contribution in [0.25, 0.3) is 10.9 Å². The molecule has 2 aromatic rings. The van der Waals surface area contributed by atoms with Crippen molar-refractivity contribution in [2.75, 3.05) is 4.72 Å². The minimum Gasteiger partial charge on any atom is -0.269 e. The van der Waals surface area contributed by atoms with Crippen LogP contribution in [0.2, 0.25) is 0 Å². The summed E-state index contributed by atoms with van der Waals surface area (Å²) >= 11 is 3.34. The number of halogens is 1. The van der Waals surface area contributed by atoms with Gasteiger partial charge in [-0.15, -0.1) is 0 Å². The molecule has 0 aliphatic carbocycles. The molecule has 5 nitrogen and oxygen atoms in total. The van der Waals surface area contributed by atoms with Crippen LogP contribution in [-0.2, 0) is 10.2 Å². The zero-order valence-electron chi connectivity index (χ0n) is 10.5. The van der Waals surface area contributed by atoms with Crippen molar-refractivity contribution in [3.8, 4) is 0 Å². The van der Waals surface area contributed by atoms with Gasteiger partial charge in [-0.05, 0) is 41.9 Å². The molecule has 0 unspecified atom stereocenters. The number of benzene rings is 1. The molecule has 2 rings (SSSR count). The number of hydrogen-bond acceptors (Lipinski definition) is 3. The van der Waals surface area contributed by atoms with E-state index in [-0.39, 0.29) is 6.04 Å². The molecule has 0 aliphatic heterocycles. The van der Waals surface area contributed by atoms with Crippen molar-refractivity contribution in [1.29, 1.82) is 0 Å². The Bertz CT molecular complexity index is 701. The maximum atomic E-state index is 11.9. The molecule has 19 heavy (non-hydrogen) atoms. The van der Waals surface area contributed by atoms with Crippen LogP contribution in [0.4, 0.5) is 5.69 Å². The monoisotopic (exact) mass is 343 g/mol. The molecule has 1 heterocycles. The number of hydrogen-bond donors (Lipinski definition) is 2. The summed E-state index contributed by atoms with van der Waals surface area (Å²) in [5.74, 6) is 0. The minimum atomic E-state index is -3.59. The van der Waals surface area contributed by atoms with Gasteiger partial charge in [0, 0.05) is 22.1 Å². The molecule has 0 saturated heterocycles. The number of rotatable bonds is 4. The van der Waals surface area contributed by atoms with Gasteiger partial charge in [-0.25, -0.2) is 0 Å². The minimum absolute atomic E-state index is 0.172. The van der Waals surface area contributed by atoms with E-state index in [1.54, 1.807) is 32.2 Å². The number of anilines is 1. The number of nitrogens with zero attached hydrogens (tertiary/aromatic N) is 1. The molecule has 1 aromatic carbocycles. The summed E-state index contributed by atoms with van der Waals surface area (Å²) in [6.07, 6.45) is 1.63. The topological polar surface area (TPSA) is 71.1 Å². The third-order valence-corrected chi connectivity index (χ3v) is 4.02. The highest BCUT2D eigenvalue weighted by atomic mass is 79.9. The van der Waals surface area contributed by atoms with Crippen molar-refractivity contribution in [1.82, 2.24) is 9.71 Å². The summed E-state index contributed by atoms with van der Waals surface area (Å²) in [6, 6.07) is 7.05. The normalized spacial score (nSPS) is 12.0. The Labute approximate surface area is 120 Å². The molecule has 0 radical (unpaired) electrons. The van der Waals surface area contributed by atoms with Gasteiger partial charge in [0.15, 0.2) is 0 Å². The van der Waals surface area contributed by atoms with Gasteiger partial charge in [-0.2, -0.15) is 13.1 Å². The van der Waals surface area contributed by atoms with Crippen molar-refractivity contribution >= 4 is 42.7 Å². The van der Waals surface area contributed by atoms with Crippen LogP contribution in [-0.4, -0.2) is 19.4 Å². The lowest BCUT2D eigenvalue weighted by atomic mass is 10.2. The number of para-hydroxylation sites is 1. The van der Waals surface area contributed by atoms with Gasteiger partial charge in [0.1, 0.15) is 0 Å². The van der Waals surface area contributed by atoms with Gasteiger partial charge in [-0.1, -0.05) is 12.1 Å². The van der Waals surface area contributed by atoms with E-state index in [2.05, 4.69) is 30.4 Å². The van der Waals surface area contributed by atoms with E-state index in [4.69, 9.17) is 0 Å². The third-order valence-electron chi connectivity index (χ3n) is 2.31. The molecule has 0 amide bonds.